The van der Waals surface area contributed by atoms with Gasteiger partial charge in [-0.1, -0.05) is 110 Å². The Kier molecular flexibility index (Phi) is 20.0. The van der Waals surface area contributed by atoms with Gasteiger partial charge in [0.15, 0.2) is 11.5 Å². The average molecular weight is 993 g/mol. The Morgan fingerprint density at radius 3 is 2.06 bits per heavy atom. The van der Waals surface area contributed by atoms with Crippen LogP contribution in [-0.2, 0) is 62.4 Å². The molecule has 0 bridgehead atoms. The van der Waals surface area contributed by atoms with E-state index in [-0.39, 0.29) is 53.6 Å². The zero-order chi connectivity index (χ0) is 51.6. The van der Waals surface area contributed by atoms with Crippen LogP contribution >= 0.6 is 11.6 Å². The Hall–Kier alpha value is -7.79. The van der Waals surface area contributed by atoms with Crippen LogP contribution in [0.5, 0.6) is 17.2 Å². The summed E-state index contributed by atoms with van der Waals surface area (Å²) < 4.78 is 21.6. The second-order valence-electron chi connectivity index (χ2n) is 16.6. The van der Waals surface area contributed by atoms with Gasteiger partial charge in [-0.3, -0.25) is 33.6 Å². The molecule has 18 heteroatoms. The lowest BCUT2D eigenvalue weighted by Crippen LogP contribution is -2.59. The number of ether oxygens (including phenoxy) is 4. The van der Waals surface area contributed by atoms with Gasteiger partial charge in [-0.15, -0.1) is 0 Å². The van der Waals surface area contributed by atoms with E-state index in [1.807, 2.05) is 36.4 Å². The molecule has 17 nitrogen and oxygen atoms in total. The molecule has 0 spiro atoms. The number of amides is 5. The van der Waals surface area contributed by atoms with Crippen LogP contribution in [0.3, 0.4) is 0 Å². The largest absolute Gasteiger partial charge is 0.493 e. The van der Waals surface area contributed by atoms with Crippen molar-refractivity contribution in [2.75, 3.05) is 34.4 Å². The van der Waals surface area contributed by atoms with Gasteiger partial charge in [0, 0.05) is 53.3 Å². The zero-order valence-corrected chi connectivity index (χ0v) is 41.2. The molecule has 1 aliphatic heterocycles. The van der Waals surface area contributed by atoms with Crippen molar-refractivity contribution in [3.63, 3.8) is 0 Å². The van der Waals surface area contributed by atoms with Gasteiger partial charge in [0.2, 0.25) is 29.5 Å². The van der Waals surface area contributed by atoms with Gasteiger partial charge >= 0.3 is 17.9 Å². The molecule has 5 rings (SSSR count). The minimum atomic E-state index is -1.47. The molecule has 1 fully saturated rings. The second-order valence-corrected chi connectivity index (χ2v) is 17.0. The van der Waals surface area contributed by atoms with Crippen LogP contribution in [0, 0.1) is 0 Å². The number of likely N-dealkylation sites (N-methyl/N-ethyl adjacent to an activating group) is 2. The summed E-state index contributed by atoms with van der Waals surface area (Å²) in [6.07, 6.45) is 8.31. The molecule has 0 aliphatic carbocycles. The molecular formula is C53H58ClN5O12. The van der Waals surface area contributed by atoms with E-state index in [0.717, 1.165) is 33.8 Å². The quantitative estimate of drug-likeness (QED) is 0.0536. The molecule has 4 atom stereocenters. The number of carbonyl (C=O) groups excluding carboxylic acids is 8. The minimum Gasteiger partial charge on any atom is -0.493 e. The third kappa shape index (κ3) is 15.6. The van der Waals surface area contributed by atoms with Crippen LogP contribution in [-0.4, -0.2) is 116 Å². The van der Waals surface area contributed by atoms with Crippen LogP contribution < -0.4 is 30.2 Å². The first kappa shape index (κ1) is 54.2. The number of hydrogen-bond acceptors (Lipinski definition) is 12. The van der Waals surface area contributed by atoms with E-state index < -0.39 is 78.2 Å². The SMILES string of the molecule is CCC/C=C\c1ccccc1/C=C/C(=O)N[C@@H](Cc1ccc(OC(C)=O)cc1)C(=O)N(C)[C@@H](Cc1ccc(OC)c(OC(C)=O)c1Cl)C(=O)N(C)[C@@H](Cc1ccccc1)C(=O)OCC1NC(=O)CNC1=O. The number of nitrogens with zero attached hydrogens (tertiary/aromatic N) is 2. The van der Waals surface area contributed by atoms with E-state index in [4.69, 9.17) is 30.5 Å². The van der Waals surface area contributed by atoms with Crippen LogP contribution in [0.4, 0.5) is 0 Å². The van der Waals surface area contributed by atoms with Crippen LogP contribution in [0.1, 0.15) is 61.4 Å². The van der Waals surface area contributed by atoms with E-state index in [9.17, 15) is 28.8 Å². The van der Waals surface area contributed by atoms with Crippen LogP contribution in [0.2, 0.25) is 5.02 Å². The van der Waals surface area contributed by atoms with Gasteiger partial charge in [-0.2, -0.15) is 0 Å². The fourth-order valence-electron chi connectivity index (χ4n) is 7.59. The molecule has 4 aromatic rings. The summed E-state index contributed by atoms with van der Waals surface area (Å²) in [5.41, 5.74) is 3.07. The van der Waals surface area contributed by atoms with Crippen molar-refractivity contribution < 1.29 is 57.3 Å². The van der Waals surface area contributed by atoms with Crippen molar-refractivity contribution in [3.8, 4) is 17.2 Å². The van der Waals surface area contributed by atoms with Gasteiger partial charge in [-0.05, 0) is 58.5 Å². The van der Waals surface area contributed by atoms with E-state index in [2.05, 4.69) is 22.9 Å². The van der Waals surface area contributed by atoms with Gasteiger partial charge in [0.1, 0.15) is 36.5 Å². The summed E-state index contributed by atoms with van der Waals surface area (Å²) in [6, 6.07) is 20.3. The number of esters is 3. The number of benzene rings is 4. The van der Waals surface area contributed by atoms with Crippen LogP contribution in [0.15, 0.2) is 103 Å². The number of piperazine rings is 1. The summed E-state index contributed by atoms with van der Waals surface area (Å²) in [6.45, 7) is 3.73. The first-order valence-corrected chi connectivity index (χ1v) is 23.2. The molecule has 1 saturated heterocycles. The highest BCUT2D eigenvalue weighted by atomic mass is 35.5. The Morgan fingerprint density at radius 2 is 1.41 bits per heavy atom. The molecule has 3 N–H and O–H groups in total. The Morgan fingerprint density at radius 1 is 0.775 bits per heavy atom. The number of carbonyl (C=O) groups is 8. The molecule has 71 heavy (non-hydrogen) atoms. The van der Waals surface area contributed by atoms with E-state index >= 15 is 9.59 Å². The van der Waals surface area contributed by atoms with Crippen molar-refractivity contribution in [3.05, 3.63) is 136 Å². The predicted molar refractivity (Wildman–Crippen MR) is 265 cm³/mol. The molecule has 1 unspecified atom stereocenters. The summed E-state index contributed by atoms with van der Waals surface area (Å²) in [5.74, 6) is -5.08. The maximum atomic E-state index is 15.2. The molecule has 1 heterocycles. The van der Waals surface area contributed by atoms with E-state index in [1.165, 1.54) is 53.3 Å². The number of allylic oxidation sites excluding steroid dienone is 1. The topological polar surface area (TPSA) is 216 Å². The molecule has 5 amide bonds. The Bertz CT molecular complexity index is 2640. The molecular weight excluding hydrogens is 934 g/mol. The van der Waals surface area contributed by atoms with Gasteiger partial charge in [0.25, 0.3) is 0 Å². The highest BCUT2D eigenvalue weighted by Gasteiger charge is 2.39. The molecule has 0 radical (unpaired) electrons. The molecule has 1 aliphatic rings. The molecule has 374 valence electrons. The number of halogens is 1. The van der Waals surface area contributed by atoms with Crippen molar-refractivity contribution in [2.45, 2.75) is 77.0 Å². The number of rotatable bonds is 22. The molecule has 4 aromatic carbocycles. The zero-order valence-electron chi connectivity index (χ0n) is 40.4. The minimum absolute atomic E-state index is 0.0682. The number of methoxy groups -OCH3 is 1. The maximum absolute atomic E-state index is 15.2. The monoisotopic (exact) mass is 991 g/mol. The highest BCUT2D eigenvalue weighted by Crippen LogP contribution is 2.39. The normalized spacial score (nSPS) is 14.6. The van der Waals surface area contributed by atoms with Crippen molar-refractivity contribution in [2.24, 2.45) is 0 Å². The van der Waals surface area contributed by atoms with Gasteiger partial charge in [0.05, 0.1) is 18.7 Å². The molecule has 0 aromatic heterocycles. The first-order valence-electron chi connectivity index (χ1n) is 22.9. The van der Waals surface area contributed by atoms with Crippen molar-refractivity contribution in [1.29, 1.82) is 0 Å². The third-order valence-corrected chi connectivity index (χ3v) is 11.8. The number of hydrogen-bond donors (Lipinski definition) is 3. The third-order valence-electron chi connectivity index (χ3n) is 11.3. The lowest BCUT2D eigenvalue weighted by Gasteiger charge is -2.36. The molecule has 0 saturated carbocycles. The number of nitrogens with one attached hydrogen (secondary N) is 3. The maximum Gasteiger partial charge on any atom is 0.329 e. The van der Waals surface area contributed by atoms with Crippen LogP contribution in [0.25, 0.3) is 12.2 Å². The Labute approximate surface area is 417 Å². The van der Waals surface area contributed by atoms with Crippen molar-refractivity contribution >= 4 is 71.2 Å². The summed E-state index contributed by atoms with van der Waals surface area (Å²) >= 11 is 6.90. The average Bonchev–Trinajstić information content (AvgIpc) is 3.35. The first-order chi connectivity index (χ1) is 34.0. The van der Waals surface area contributed by atoms with Gasteiger partial charge < -0.3 is 44.7 Å². The fraction of sp³-hybridized carbons (Fsp3) is 0.321. The smallest absolute Gasteiger partial charge is 0.329 e. The highest BCUT2D eigenvalue weighted by molar-refractivity contribution is 6.33. The lowest BCUT2D eigenvalue weighted by molar-refractivity contribution is -0.158. The second kappa shape index (κ2) is 26.3. The summed E-state index contributed by atoms with van der Waals surface area (Å²) in [7, 11) is 4.08. The van der Waals surface area contributed by atoms with Crippen molar-refractivity contribution in [1.82, 2.24) is 25.8 Å². The van der Waals surface area contributed by atoms with E-state index in [1.54, 1.807) is 60.7 Å². The lowest BCUT2D eigenvalue weighted by atomic mass is 9.98. The van der Waals surface area contributed by atoms with E-state index in [0.29, 0.717) is 11.1 Å². The summed E-state index contributed by atoms with van der Waals surface area (Å²) in [5, 5.41) is 7.64. The predicted octanol–water partition coefficient (Wildman–Crippen LogP) is 5.05. The summed E-state index contributed by atoms with van der Waals surface area (Å²) in [4.78, 5) is 109. The van der Waals surface area contributed by atoms with Gasteiger partial charge in [-0.25, -0.2) is 4.79 Å². The standard InChI is InChI=1S/C53H58ClN5O12/c1-7-8-10-17-37-18-13-14-19-38(37)23-27-46(62)56-41(28-36-20-24-40(25-21-36)70-33(2)60)51(65)58(4)43(30-39-22-26-45(68-6)49(48(39)54)71-34(3)61)52(66)59(5)44(29-35-15-11-9-12-16-35)53(67)69-32-42-50(64)55-31-47(63)57-42/h9-27,41-44H,7-8,28-32H2,1-6H3,(H,55,64)(H,56,62)(H,57,63)/b17-10-,27-23+/t41-,42?,43-,44-/m0/s1. The fourth-order valence-corrected chi connectivity index (χ4v) is 7.86. The Balaban J connectivity index is 1.56. The number of unbranched alkanes of at least 4 members (excludes halogenated alkanes) is 1.